The zero-order valence-corrected chi connectivity index (χ0v) is 10.2. The van der Waals surface area contributed by atoms with Gasteiger partial charge in [0.05, 0.1) is 5.69 Å². The minimum Gasteiger partial charge on any atom is -0.379 e. The Labute approximate surface area is 107 Å². The Morgan fingerprint density at radius 3 is 2.50 bits per heavy atom. The lowest BCUT2D eigenvalue weighted by Crippen LogP contribution is -2.03. The molecule has 0 amide bonds. The van der Waals surface area contributed by atoms with E-state index in [9.17, 15) is 4.39 Å². The van der Waals surface area contributed by atoms with Gasteiger partial charge in [-0.3, -0.25) is 0 Å². The average Bonchev–Trinajstić information content (AvgIpc) is 3.23. The zero-order chi connectivity index (χ0) is 12.4. The fourth-order valence-corrected chi connectivity index (χ4v) is 2.28. The number of hydrogen-bond acceptors (Lipinski definition) is 1. The third-order valence-corrected chi connectivity index (χ3v) is 3.42. The molecule has 0 spiro atoms. The second kappa shape index (κ2) is 4.81. The Bertz CT molecular complexity index is 546. The fraction of sp³-hybridized carbons (Fsp3) is 0.250. The minimum absolute atomic E-state index is 0.193. The van der Waals surface area contributed by atoms with E-state index < -0.39 is 0 Å². The van der Waals surface area contributed by atoms with Crippen LogP contribution in [0.25, 0.3) is 0 Å². The Balaban J connectivity index is 1.75. The van der Waals surface area contributed by atoms with Crippen LogP contribution < -0.4 is 5.32 Å². The van der Waals surface area contributed by atoms with Gasteiger partial charge < -0.3 is 5.32 Å². The summed E-state index contributed by atoms with van der Waals surface area (Å²) in [5.74, 6) is 0.532. The van der Waals surface area contributed by atoms with E-state index in [1.54, 1.807) is 12.1 Å². The third kappa shape index (κ3) is 2.37. The van der Waals surface area contributed by atoms with Crippen molar-refractivity contribution in [3.8, 4) is 0 Å². The number of anilines is 1. The molecule has 2 aromatic carbocycles. The lowest BCUT2D eigenvalue weighted by molar-refractivity contribution is 0.630. The van der Waals surface area contributed by atoms with Crippen molar-refractivity contribution >= 4 is 5.69 Å². The van der Waals surface area contributed by atoms with Crippen molar-refractivity contribution < 1.29 is 4.39 Å². The number of benzene rings is 2. The molecular formula is C16H16FN. The Hall–Kier alpha value is -1.83. The first-order chi connectivity index (χ1) is 8.84. The number of hydrogen-bond donors (Lipinski definition) is 1. The molecule has 1 N–H and O–H groups in total. The number of para-hydroxylation sites is 1. The second-order valence-corrected chi connectivity index (χ2v) is 4.81. The first-order valence-electron chi connectivity index (χ1n) is 6.41. The molecule has 1 fully saturated rings. The molecule has 1 aliphatic carbocycles. The highest BCUT2D eigenvalue weighted by atomic mass is 19.1. The van der Waals surface area contributed by atoms with Gasteiger partial charge in [0.25, 0.3) is 0 Å². The van der Waals surface area contributed by atoms with Crippen molar-refractivity contribution in [3.63, 3.8) is 0 Å². The fourth-order valence-electron chi connectivity index (χ4n) is 2.28. The first-order valence-corrected chi connectivity index (χ1v) is 6.41. The van der Waals surface area contributed by atoms with Gasteiger partial charge in [-0.1, -0.05) is 36.4 Å². The Morgan fingerprint density at radius 1 is 1.00 bits per heavy atom. The molecule has 92 valence electrons. The Kier molecular flexibility index (Phi) is 3.01. The average molecular weight is 241 g/mol. The lowest BCUT2D eigenvalue weighted by atomic mass is 10.0. The van der Waals surface area contributed by atoms with Crippen LogP contribution in [-0.4, -0.2) is 0 Å². The van der Waals surface area contributed by atoms with Crippen LogP contribution in [0.2, 0.25) is 0 Å². The van der Waals surface area contributed by atoms with Crippen LogP contribution in [-0.2, 0) is 6.54 Å². The molecule has 0 heterocycles. The maximum absolute atomic E-state index is 13.5. The zero-order valence-electron chi connectivity index (χ0n) is 10.2. The van der Waals surface area contributed by atoms with Crippen LogP contribution in [0.3, 0.4) is 0 Å². The summed E-state index contributed by atoms with van der Waals surface area (Å²) in [4.78, 5) is 0. The van der Waals surface area contributed by atoms with Crippen molar-refractivity contribution in [1.82, 2.24) is 0 Å². The first kappa shape index (κ1) is 11.3. The van der Waals surface area contributed by atoms with Crippen molar-refractivity contribution in [3.05, 3.63) is 65.5 Å². The van der Waals surface area contributed by atoms with Crippen LogP contribution in [0.1, 0.15) is 29.9 Å². The molecule has 1 aliphatic rings. The molecular weight excluding hydrogens is 225 g/mol. The molecule has 0 aromatic heterocycles. The van der Waals surface area contributed by atoms with Gasteiger partial charge in [-0.25, -0.2) is 4.39 Å². The number of halogens is 1. The van der Waals surface area contributed by atoms with Gasteiger partial charge >= 0.3 is 0 Å². The normalized spacial score (nSPS) is 14.5. The summed E-state index contributed by atoms with van der Waals surface area (Å²) in [7, 11) is 0. The largest absolute Gasteiger partial charge is 0.379 e. The number of nitrogens with one attached hydrogen (secondary N) is 1. The van der Waals surface area contributed by atoms with Gasteiger partial charge in [-0.05, 0) is 42.0 Å². The quantitative estimate of drug-likeness (QED) is 0.840. The second-order valence-electron chi connectivity index (χ2n) is 4.81. The molecule has 0 unspecified atom stereocenters. The van der Waals surface area contributed by atoms with Crippen LogP contribution in [0.15, 0.2) is 48.5 Å². The molecule has 0 aliphatic heterocycles. The predicted molar refractivity (Wildman–Crippen MR) is 72.1 cm³/mol. The monoisotopic (exact) mass is 241 g/mol. The highest BCUT2D eigenvalue weighted by molar-refractivity contribution is 5.46. The third-order valence-electron chi connectivity index (χ3n) is 3.42. The van der Waals surface area contributed by atoms with Gasteiger partial charge in [0.1, 0.15) is 5.82 Å². The molecule has 2 aromatic rings. The van der Waals surface area contributed by atoms with Gasteiger partial charge in [0.15, 0.2) is 0 Å². The van der Waals surface area contributed by atoms with Crippen LogP contribution in [0, 0.1) is 5.82 Å². The van der Waals surface area contributed by atoms with E-state index in [0.29, 0.717) is 12.2 Å². The highest BCUT2D eigenvalue weighted by Crippen LogP contribution is 2.41. The summed E-state index contributed by atoms with van der Waals surface area (Å²) in [6, 6.07) is 15.3. The van der Waals surface area contributed by atoms with Crippen LogP contribution >= 0.6 is 0 Å². The lowest BCUT2D eigenvalue weighted by Gasteiger charge is -2.11. The summed E-state index contributed by atoms with van der Waals surface area (Å²) < 4.78 is 13.5. The van der Waals surface area contributed by atoms with Crippen LogP contribution in [0.4, 0.5) is 10.1 Å². The predicted octanol–water partition coefficient (Wildman–Crippen LogP) is 4.32. The molecule has 0 radical (unpaired) electrons. The van der Waals surface area contributed by atoms with E-state index in [4.69, 9.17) is 0 Å². The van der Waals surface area contributed by atoms with E-state index in [1.807, 2.05) is 12.1 Å². The Morgan fingerprint density at radius 2 is 1.72 bits per heavy atom. The molecule has 2 heteroatoms. The van der Waals surface area contributed by atoms with Gasteiger partial charge in [0, 0.05) is 6.54 Å². The van der Waals surface area contributed by atoms with E-state index in [1.165, 1.54) is 30.0 Å². The van der Waals surface area contributed by atoms with Crippen molar-refractivity contribution in [2.24, 2.45) is 0 Å². The SMILES string of the molecule is Fc1ccccc1NCc1ccccc1C1CC1. The topological polar surface area (TPSA) is 12.0 Å². The minimum atomic E-state index is -0.193. The molecule has 0 bridgehead atoms. The molecule has 3 rings (SSSR count). The number of rotatable bonds is 4. The van der Waals surface area contributed by atoms with E-state index >= 15 is 0 Å². The maximum atomic E-state index is 13.5. The molecule has 0 atom stereocenters. The van der Waals surface area contributed by atoms with Crippen molar-refractivity contribution in [2.45, 2.75) is 25.3 Å². The van der Waals surface area contributed by atoms with Crippen molar-refractivity contribution in [2.75, 3.05) is 5.32 Å². The summed E-state index contributed by atoms with van der Waals surface area (Å²) in [5, 5.41) is 3.18. The molecule has 1 nitrogen and oxygen atoms in total. The molecule has 18 heavy (non-hydrogen) atoms. The van der Waals surface area contributed by atoms with E-state index in [2.05, 4.69) is 23.5 Å². The van der Waals surface area contributed by atoms with Gasteiger partial charge in [-0.15, -0.1) is 0 Å². The summed E-state index contributed by atoms with van der Waals surface area (Å²) in [6.45, 7) is 0.688. The van der Waals surface area contributed by atoms with E-state index in [0.717, 1.165) is 5.92 Å². The van der Waals surface area contributed by atoms with Gasteiger partial charge in [-0.2, -0.15) is 0 Å². The summed E-state index contributed by atoms with van der Waals surface area (Å²) >= 11 is 0. The van der Waals surface area contributed by atoms with Crippen molar-refractivity contribution in [1.29, 1.82) is 0 Å². The molecule has 0 saturated heterocycles. The van der Waals surface area contributed by atoms with Gasteiger partial charge in [0.2, 0.25) is 0 Å². The molecule has 1 saturated carbocycles. The van der Waals surface area contributed by atoms with Crippen LogP contribution in [0.5, 0.6) is 0 Å². The summed E-state index contributed by atoms with van der Waals surface area (Å²) in [5.41, 5.74) is 3.27. The highest BCUT2D eigenvalue weighted by Gasteiger charge is 2.25. The standard InChI is InChI=1S/C16H16FN/c17-15-7-3-4-8-16(15)18-11-13-5-1-2-6-14(13)12-9-10-12/h1-8,12,18H,9-11H2. The smallest absolute Gasteiger partial charge is 0.146 e. The van der Waals surface area contributed by atoms with E-state index in [-0.39, 0.29) is 5.82 Å². The maximum Gasteiger partial charge on any atom is 0.146 e. The summed E-state index contributed by atoms with van der Waals surface area (Å²) in [6.07, 6.45) is 2.58.